The Bertz CT molecular complexity index is 692. The number of aromatic nitrogens is 4. The van der Waals surface area contributed by atoms with E-state index in [0.717, 1.165) is 9.90 Å². The highest BCUT2D eigenvalue weighted by atomic mass is 32.2. The molecule has 0 N–H and O–H groups in total. The van der Waals surface area contributed by atoms with E-state index in [1.807, 2.05) is 12.1 Å². The van der Waals surface area contributed by atoms with E-state index in [1.54, 1.807) is 17.3 Å². The summed E-state index contributed by atoms with van der Waals surface area (Å²) in [7, 11) is 0. The zero-order chi connectivity index (χ0) is 14.7. The Balaban J connectivity index is 1.69. The molecule has 0 spiro atoms. The predicted octanol–water partition coefficient (Wildman–Crippen LogP) is 4.00. The maximum Gasteiger partial charge on any atom is 0.237 e. The fraction of sp³-hybridized carbons (Fsp3) is 0.286. The first-order valence-corrected chi connectivity index (χ1v) is 8.41. The molecule has 0 fully saturated rings. The van der Waals surface area contributed by atoms with Crippen LogP contribution in [0.5, 0.6) is 0 Å². The first-order chi connectivity index (χ1) is 10.2. The monoisotopic (exact) mass is 318 g/mol. The Kier molecular flexibility index (Phi) is 4.31. The van der Waals surface area contributed by atoms with E-state index >= 15 is 0 Å². The number of hydrogen-bond acceptors (Lipinski definition) is 7. The molecular formula is C14H14N4OS2. The average Bonchev–Trinajstić information content (AvgIpc) is 3.17. The van der Waals surface area contributed by atoms with Gasteiger partial charge in [0.05, 0.1) is 5.75 Å². The van der Waals surface area contributed by atoms with Crippen LogP contribution in [0.3, 0.4) is 0 Å². The van der Waals surface area contributed by atoms with Crippen molar-refractivity contribution in [2.45, 2.75) is 29.9 Å². The molecule has 0 bridgehead atoms. The van der Waals surface area contributed by atoms with Crippen molar-refractivity contribution < 1.29 is 4.52 Å². The molecule has 2 heterocycles. The minimum Gasteiger partial charge on any atom is -0.338 e. The van der Waals surface area contributed by atoms with Crippen molar-refractivity contribution in [2.24, 2.45) is 0 Å². The topological polar surface area (TPSA) is 64.7 Å². The summed E-state index contributed by atoms with van der Waals surface area (Å²) in [6.07, 6.45) is 0. The van der Waals surface area contributed by atoms with Crippen LogP contribution in [0.1, 0.15) is 31.2 Å². The smallest absolute Gasteiger partial charge is 0.237 e. The van der Waals surface area contributed by atoms with Gasteiger partial charge in [0.2, 0.25) is 11.7 Å². The third-order valence-electron chi connectivity index (χ3n) is 2.96. The largest absolute Gasteiger partial charge is 0.338 e. The summed E-state index contributed by atoms with van der Waals surface area (Å²) in [6.45, 7) is 4.35. The van der Waals surface area contributed by atoms with Crippen molar-refractivity contribution in [3.63, 3.8) is 0 Å². The molecule has 0 aliphatic rings. The van der Waals surface area contributed by atoms with E-state index < -0.39 is 0 Å². The molecule has 0 saturated heterocycles. The lowest BCUT2D eigenvalue weighted by Crippen LogP contribution is -1.88. The van der Waals surface area contributed by atoms with Gasteiger partial charge in [-0.2, -0.15) is 4.98 Å². The van der Waals surface area contributed by atoms with Crippen LogP contribution >= 0.6 is 23.1 Å². The summed E-state index contributed by atoms with van der Waals surface area (Å²) >= 11 is 3.04. The summed E-state index contributed by atoms with van der Waals surface area (Å²) in [5, 5.41) is 11.8. The van der Waals surface area contributed by atoms with E-state index in [9.17, 15) is 0 Å². The van der Waals surface area contributed by atoms with Crippen LogP contribution in [0.2, 0.25) is 0 Å². The standard InChI is InChI=1S/C14H14N4OS2/c1-9(2)10-3-5-11(6-4-10)13-16-12(19-18-13)7-20-14-17-15-8-21-14/h3-6,8-9H,7H2,1-2H3. The lowest BCUT2D eigenvalue weighted by Gasteiger charge is -2.04. The summed E-state index contributed by atoms with van der Waals surface area (Å²) in [5.74, 6) is 2.34. The summed E-state index contributed by atoms with van der Waals surface area (Å²) in [6, 6.07) is 8.27. The second kappa shape index (κ2) is 6.36. The molecule has 0 aliphatic carbocycles. The van der Waals surface area contributed by atoms with Crippen LogP contribution in [-0.4, -0.2) is 20.3 Å². The van der Waals surface area contributed by atoms with Crippen LogP contribution < -0.4 is 0 Å². The Morgan fingerprint density at radius 2 is 2.05 bits per heavy atom. The van der Waals surface area contributed by atoms with Crippen LogP contribution in [0.15, 0.2) is 38.6 Å². The highest BCUT2D eigenvalue weighted by Crippen LogP contribution is 2.25. The van der Waals surface area contributed by atoms with Gasteiger partial charge in [-0.15, -0.1) is 10.2 Å². The number of thioether (sulfide) groups is 1. The van der Waals surface area contributed by atoms with Crippen molar-refractivity contribution in [1.29, 1.82) is 0 Å². The van der Waals surface area contributed by atoms with Crippen molar-refractivity contribution in [2.75, 3.05) is 0 Å². The third kappa shape index (κ3) is 3.48. The van der Waals surface area contributed by atoms with Gasteiger partial charge in [0.1, 0.15) is 5.51 Å². The van der Waals surface area contributed by atoms with Crippen molar-refractivity contribution >= 4 is 23.1 Å². The summed E-state index contributed by atoms with van der Waals surface area (Å²) < 4.78 is 6.17. The zero-order valence-electron chi connectivity index (χ0n) is 11.7. The molecule has 0 unspecified atom stereocenters. The molecule has 3 rings (SSSR count). The fourth-order valence-corrected chi connectivity index (χ4v) is 3.12. The molecule has 108 valence electrons. The van der Waals surface area contributed by atoms with Gasteiger partial charge in [0.25, 0.3) is 0 Å². The summed E-state index contributed by atoms with van der Waals surface area (Å²) in [5.41, 5.74) is 3.97. The molecule has 0 amide bonds. The normalized spacial score (nSPS) is 11.2. The Morgan fingerprint density at radius 1 is 1.24 bits per heavy atom. The Hall–Kier alpha value is -1.73. The van der Waals surface area contributed by atoms with E-state index in [-0.39, 0.29) is 0 Å². The highest BCUT2D eigenvalue weighted by Gasteiger charge is 2.10. The number of rotatable bonds is 5. The fourth-order valence-electron chi connectivity index (χ4n) is 1.80. The van der Waals surface area contributed by atoms with Gasteiger partial charge < -0.3 is 4.52 Å². The van der Waals surface area contributed by atoms with Crippen LogP contribution in [0, 0.1) is 0 Å². The van der Waals surface area contributed by atoms with Crippen molar-refractivity contribution in [1.82, 2.24) is 20.3 Å². The Labute approximate surface area is 130 Å². The molecule has 0 radical (unpaired) electrons. The number of nitrogens with zero attached hydrogens (tertiary/aromatic N) is 4. The minimum absolute atomic E-state index is 0.517. The van der Waals surface area contributed by atoms with Crippen LogP contribution in [0.25, 0.3) is 11.4 Å². The molecule has 0 aliphatic heterocycles. The van der Waals surface area contributed by atoms with Crippen molar-refractivity contribution in [3.8, 4) is 11.4 Å². The molecular weight excluding hydrogens is 304 g/mol. The second-order valence-electron chi connectivity index (χ2n) is 4.78. The maximum absolute atomic E-state index is 5.27. The van der Waals surface area contributed by atoms with Gasteiger partial charge in [-0.3, -0.25) is 0 Å². The molecule has 0 atom stereocenters. The van der Waals surface area contributed by atoms with Gasteiger partial charge >= 0.3 is 0 Å². The zero-order valence-corrected chi connectivity index (χ0v) is 13.3. The average molecular weight is 318 g/mol. The molecule has 3 aromatic rings. The van der Waals surface area contributed by atoms with Crippen LogP contribution in [-0.2, 0) is 5.75 Å². The lowest BCUT2D eigenvalue weighted by molar-refractivity contribution is 0.391. The van der Waals surface area contributed by atoms with Gasteiger partial charge in [-0.25, -0.2) is 0 Å². The number of benzene rings is 1. The molecule has 21 heavy (non-hydrogen) atoms. The predicted molar refractivity (Wildman–Crippen MR) is 83.3 cm³/mol. The minimum atomic E-state index is 0.517. The maximum atomic E-state index is 5.27. The van der Waals surface area contributed by atoms with E-state index in [2.05, 4.69) is 46.3 Å². The van der Waals surface area contributed by atoms with E-state index in [1.165, 1.54) is 16.9 Å². The highest BCUT2D eigenvalue weighted by molar-refractivity contribution is 8.00. The molecule has 2 aromatic heterocycles. The van der Waals surface area contributed by atoms with Gasteiger partial charge in [-0.05, 0) is 11.5 Å². The number of hydrogen-bond donors (Lipinski definition) is 0. The first kappa shape index (κ1) is 14.2. The third-order valence-corrected chi connectivity index (χ3v) is 4.81. The Morgan fingerprint density at radius 3 is 2.71 bits per heavy atom. The quantitative estimate of drug-likeness (QED) is 0.662. The first-order valence-electron chi connectivity index (χ1n) is 6.54. The molecule has 5 nitrogen and oxygen atoms in total. The van der Waals surface area contributed by atoms with Crippen LogP contribution in [0.4, 0.5) is 0 Å². The molecule has 7 heteroatoms. The lowest BCUT2D eigenvalue weighted by atomic mass is 10.0. The van der Waals surface area contributed by atoms with Gasteiger partial charge in [-0.1, -0.05) is 66.4 Å². The summed E-state index contributed by atoms with van der Waals surface area (Å²) in [4.78, 5) is 4.41. The van der Waals surface area contributed by atoms with Gasteiger partial charge in [0.15, 0.2) is 4.34 Å². The molecule has 0 saturated carbocycles. The van der Waals surface area contributed by atoms with E-state index in [4.69, 9.17) is 4.52 Å². The van der Waals surface area contributed by atoms with E-state index in [0.29, 0.717) is 23.4 Å². The van der Waals surface area contributed by atoms with Crippen molar-refractivity contribution in [3.05, 3.63) is 41.2 Å². The molecule has 1 aromatic carbocycles. The SMILES string of the molecule is CC(C)c1ccc(-c2noc(CSc3nncs3)n2)cc1. The van der Waals surface area contributed by atoms with Gasteiger partial charge in [0, 0.05) is 5.56 Å². The second-order valence-corrected chi connectivity index (χ2v) is 6.84.